The lowest BCUT2D eigenvalue weighted by atomic mass is 10.1. The van der Waals surface area contributed by atoms with Crippen LogP contribution in [0.4, 0.5) is 5.69 Å². The largest absolute Gasteiger partial charge is 0.496 e. The second-order valence-electron chi connectivity index (χ2n) is 5.48. The van der Waals surface area contributed by atoms with E-state index in [2.05, 4.69) is 16.9 Å². The lowest BCUT2D eigenvalue weighted by molar-refractivity contribution is -0.138. The monoisotopic (exact) mass is 353 g/mol. The zero-order chi connectivity index (χ0) is 19.1. The van der Waals surface area contributed by atoms with Crippen molar-refractivity contribution in [3.05, 3.63) is 59.9 Å². The first-order valence-corrected chi connectivity index (χ1v) is 8.17. The standard InChI is InChI=1S/C20H23N3O3/c1-5-26-20(24)19(22-12-21)13(2)14(3)23-16-10-15-8-6-7-9-17(15)18(11-16)25-4/h6-12,23H,3,5H2,1-2,4H3,(H2,21,22)/b19-13-. The summed E-state index contributed by atoms with van der Waals surface area (Å²) in [7, 11) is 1.63. The summed E-state index contributed by atoms with van der Waals surface area (Å²) in [6.07, 6.45) is 1.06. The van der Waals surface area contributed by atoms with Crippen molar-refractivity contribution in [1.82, 2.24) is 0 Å². The minimum atomic E-state index is -0.550. The second-order valence-corrected chi connectivity index (χ2v) is 5.48. The fourth-order valence-electron chi connectivity index (χ4n) is 2.50. The molecule has 0 spiro atoms. The molecule has 136 valence electrons. The molecule has 6 nitrogen and oxygen atoms in total. The molecule has 2 rings (SSSR count). The molecule has 0 amide bonds. The predicted molar refractivity (Wildman–Crippen MR) is 105 cm³/mol. The van der Waals surface area contributed by atoms with E-state index in [9.17, 15) is 4.79 Å². The Kier molecular flexibility index (Phi) is 6.38. The van der Waals surface area contributed by atoms with E-state index >= 15 is 0 Å². The zero-order valence-corrected chi connectivity index (χ0v) is 15.2. The Balaban J connectivity index is 2.37. The van der Waals surface area contributed by atoms with Crippen LogP contribution in [0.5, 0.6) is 5.75 Å². The first-order chi connectivity index (χ1) is 12.5. The van der Waals surface area contributed by atoms with Crippen LogP contribution < -0.4 is 15.8 Å². The van der Waals surface area contributed by atoms with Crippen LogP contribution in [0, 0.1) is 0 Å². The highest BCUT2D eigenvalue weighted by Gasteiger charge is 2.15. The Morgan fingerprint density at radius 3 is 2.73 bits per heavy atom. The number of allylic oxidation sites excluding steroid dienone is 1. The number of aliphatic imine (C=N–C) groups is 1. The van der Waals surface area contributed by atoms with Gasteiger partial charge in [-0.25, -0.2) is 9.79 Å². The summed E-state index contributed by atoms with van der Waals surface area (Å²) in [5.41, 5.74) is 7.30. The minimum Gasteiger partial charge on any atom is -0.496 e. The van der Waals surface area contributed by atoms with Crippen LogP contribution in [0.25, 0.3) is 10.8 Å². The van der Waals surface area contributed by atoms with E-state index in [1.807, 2.05) is 36.4 Å². The maximum Gasteiger partial charge on any atom is 0.357 e. The van der Waals surface area contributed by atoms with Gasteiger partial charge in [-0.3, -0.25) is 0 Å². The quantitative estimate of drug-likeness (QED) is 0.261. The maximum absolute atomic E-state index is 12.1. The Morgan fingerprint density at radius 1 is 1.35 bits per heavy atom. The molecule has 0 aromatic heterocycles. The third kappa shape index (κ3) is 4.22. The summed E-state index contributed by atoms with van der Waals surface area (Å²) < 4.78 is 10.5. The number of ether oxygens (including phenoxy) is 2. The molecule has 26 heavy (non-hydrogen) atoms. The average molecular weight is 353 g/mol. The van der Waals surface area contributed by atoms with Crippen LogP contribution in [0.2, 0.25) is 0 Å². The van der Waals surface area contributed by atoms with Crippen LogP contribution in [-0.4, -0.2) is 26.0 Å². The summed E-state index contributed by atoms with van der Waals surface area (Å²) in [6, 6.07) is 11.8. The normalized spacial score (nSPS) is 12.0. The van der Waals surface area contributed by atoms with Crippen LogP contribution in [0.1, 0.15) is 13.8 Å². The van der Waals surface area contributed by atoms with E-state index in [0.29, 0.717) is 11.3 Å². The summed E-state index contributed by atoms with van der Waals surface area (Å²) in [6.45, 7) is 7.70. The van der Waals surface area contributed by atoms with E-state index < -0.39 is 5.97 Å². The fourth-order valence-corrected chi connectivity index (χ4v) is 2.50. The van der Waals surface area contributed by atoms with Gasteiger partial charge in [0.1, 0.15) is 5.75 Å². The molecular formula is C20H23N3O3. The van der Waals surface area contributed by atoms with Gasteiger partial charge in [-0.05, 0) is 25.3 Å². The number of nitrogens with zero attached hydrogens (tertiary/aromatic N) is 1. The minimum absolute atomic E-state index is 0.111. The molecule has 2 aromatic rings. The number of hydrogen-bond donors (Lipinski definition) is 2. The number of hydrogen-bond acceptors (Lipinski definition) is 5. The molecule has 6 heteroatoms. The summed E-state index contributed by atoms with van der Waals surface area (Å²) in [5, 5.41) is 5.22. The third-order valence-corrected chi connectivity index (χ3v) is 3.82. The molecule has 0 fully saturated rings. The predicted octanol–water partition coefficient (Wildman–Crippen LogP) is 3.60. The highest BCUT2D eigenvalue weighted by atomic mass is 16.5. The smallest absolute Gasteiger partial charge is 0.357 e. The molecule has 0 aliphatic carbocycles. The Labute approximate surface area is 153 Å². The lowest BCUT2D eigenvalue weighted by Gasteiger charge is -2.15. The number of nitrogens with one attached hydrogen (secondary N) is 1. The number of esters is 1. The zero-order valence-electron chi connectivity index (χ0n) is 15.2. The maximum atomic E-state index is 12.1. The lowest BCUT2D eigenvalue weighted by Crippen LogP contribution is -2.12. The molecule has 0 aliphatic rings. The van der Waals surface area contributed by atoms with Crippen LogP contribution in [-0.2, 0) is 9.53 Å². The van der Waals surface area contributed by atoms with Gasteiger partial charge in [0.25, 0.3) is 0 Å². The molecule has 0 unspecified atom stereocenters. The van der Waals surface area contributed by atoms with Crippen molar-refractivity contribution >= 4 is 28.8 Å². The van der Waals surface area contributed by atoms with Crippen LogP contribution in [0.3, 0.4) is 0 Å². The molecule has 0 radical (unpaired) electrons. The van der Waals surface area contributed by atoms with Gasteiger partial charge >= 0.3 is 5.97 Å². The van der Waals surface area contributed by atoms with Crippen molar-refractivity contribution in [2.45, 2.75) is 13.8 Å². The van der Waals surface area contributed by atoms with Gasteiger partial charge in [-0.2, -0.15) is 0 Å². The molecule has 0 saturated carbocycles. The Bertz CT molecular complexity index is 885. The molecule has 0 saturated heterocycles. The van der Waals surface area contributed by atoms with Crippen molar-refractivity contribution in [2.24, 2.45) is 10.7 Å². The highest BCUT2D eigenvalue weighted by molar-refractivity contribution is 5.93. The summed E-state index contributed by atoms with van der Waals surface area (Å²) in [5.74, 6) is 0.191. The Morgan fingerprint density at radius 2 is 2.08 bits per heavy atom. The first kappa shape index (κ1) is 19.1. The number of nitrogens with two attached hydrogens (primary N) is 1. The van der Waals surface area contributed by atoms with Gasteiger partial charge in [0.15, 0.2) is 5.70 Å². The molecule has 3 N–H and O–H groups in total. The number of methoxy groups -OCH3 is 1. The van der Waals surface area contributed by atoms with Gasteiger partial charge in [-0.15, -0.1) is 0 Å². The highest BCUT2D eigenvalue weighted by Crippen LogP contribution is 2.31. The molecule has 0 atom stereocenters. The number of carbonyl (C=O) groups is 1. The Hall–Kier alpha value is -3.28. The summed E-state index contributed by atoms with van der Waals surface area (Å²) in [4.78, 5) is 16.0. The second kappa shape index (κ2) is 8.71. The molecule has 2 aromatic carbocycles. The molecular weight excluding hydrogens is 330 g/mol. The van der Waals surface area contributed by atoms with E-state index in [4.69, 9.17) is 15.2 Å². The van der Waals surface area contributed by atoms with Crippen molar-refractivity contribution < 1.29 is 14.3 Å². The van der Waals surface area contributed by atoms with E-state index in [1.54, 1.807) is 21.0 Å². The van der Waals surface area contributed by atoms with Crippen LogP contribution in [0.15, 0.2) is 64.9 Å². The third-order valence-electron chi connectivity index (χ3n) is 3.82. The number of benzene rings is 2. The molecule has 0 bridgehead atoms. The van der Waals surface area contributed by atoms with E-state index in [0.717, 1.165) is 28.5 Å². The topological polar surface area (TPSA) is 85.9 Å². The first-order valence-electron chi connectivity index (χ1n) is 8.17. The SMILES string of the molecule is C=C(Nc1cc(OC)c2ccccc2c1)/C(C)=C(\N=C/N)C(=O)OCC. The van der Waals surface area contributed by atoms with Gasteiger partial charge < -0.3 is 20.5 Å². The molecule has 0 heterocycles. The number of fused-ring (bicyclic) bond motifs is 1. The van der Waals surface area contributed by atoms with Crippen LogP contribution >= 0.6 is 0 Å². The van der Waals surface area contributed by atoms with Crippen molar-refractivity contribution in [2.75, 3.05) is 19.0 Å². The van der Waals surface area contributed by atoms with Crippen molar-refractivity contribution in [3.8, 4) is 5.75 Å². The van der Waals surface area contributed by atoms with E-state index in [1.165, 1.54) is 0 Å². The van der Waals surface area contributed by atoms with Gasteiger partial charge in [-0.1, -0.05) is 30.8 Å². The average Bonchev–Trinajstić information content (AvgIpc) is 2.64. The van der Waals surface area contributed by atoms with Gasteiger partial charge in [0.05, 0.1) is 20.1 Å². The number of rotatable bonds is 7. The van der Waals surface area contributed by atoms with Gasteiger partial charge in [0.2, 0.25) is 0 Å². The van der Waals surface area contributed by atoms with Crippen molar-refractivity contribution in [3.63, 3.8) is 0 Å². The van der Waals surface area contributed by atoms with E-state index in [-0.39, 0.29) is 12.3 Å². The molecule has 0 aliphatic heterocycles. The number of carbonyl (C=O) groups excluding carboxylic acids is 1. The van der Waals surface area contributed by atoms with Gasteiger partial charge in [0, 0.05) is 28.4 Å². The number of anilines is 1. The van der Waals surface area contributed by atoms with Crippen molar-refractivity contribution in [1.29, 1.82) is 0 Å². The fraction of sp³-hybridized carbons (Fsp3) is 0.200. The summed E-state index contributed by atoms with van der Waals surface area (Å²) >= 11 is 0.